The number of allylic oxidation sites excluding steroid dienone is 1. The predicted octanol–water partition coefficient (Wildman–Crippen LogP) is -0.0687. The molecule has 0 amide bonds. The minimum absolute atomic E-state index is 0.269. The van der Waals surface area contributed by atoms with E-state index in [1.165, 1.54) is 24.6 Å². The number of carbonyl (C=O) groups is 1. The van der Waals surface area contributed by atoms with Gasteiger partial charge < -0.3 is 5.11 Å². The highest BCUT2D eigenvalue weighted by Crippen LogP contribution is 1.96. The lowest BCUT2D eigenvalue weighted by atomic mass is 10.2. The summed E-state index contributed by atoms with van der Waals surface area (Å²) in [4.78, 5) is 13.8. The first-order valence-electron chi connectivity index (χ1n) is 2.44. The van der Waals surface area contributed by atoms with E-state index < -0.39 is 5.97 Å². The Balaban J connectivity index is 2.84. The fourth-order valence-electron chi connectivity index (χ4n) is 0.494. The standard InChI is InChI=1S/C6H5NO2/c8-6(9)5-1-3-7-4-2-5/h1-4H,(H,8,9)/q+1. The fourth-order valence-corrected chi connectivity index (χ4v) is 0.494. The van der Waals surface area contributed by atoms with Crippen LogP contribution in [0.3, 0.4) is 0 Å². The predicted molar refractivity (Wildman–Crippen MR) is 33.1 cm³/mol. The third-order valence-electron chi connectivity index (χ3n) is 0.927. The summed E-state index contributed by atoms with van der Waals surface area (Å²) in [7, 11) is 0. The first-order valence-corrected chi connectivity index (χ1v) is 2.44. The van der Waals surface area contributed by atoms with Crippen LogP contribution in [0.15, 0.2) is 23.9 Å². The maximum atomic E-state index is 10.2. The number of rotatable bonds is 1. The molecule has 0 aromatic rings. The molecule has 1 rings (SSSR count). The van der Waals surface area contributed by atoms with Crippen molar-refractivity contribution in [2.45, 2.75) is 0 Å². The van der Waals surface area contributed by atoms with Crippen LogP contribution in [0, 0.1) is 0 Å². The van der Waals surface area contributed by atoms with Gasteiger partial charge in [0.05, 0.1) is 10.6 Å². The van der Waals surface area contributed by atoms with E-state index in [0.717, 1.165) is 0 Å². The van der Waals surface area contributed by atoms with Gasteiger partial charge in [-0.15, -0.1) is 0 Å². The van der Waals surface area contributed by atoms with Crippen molar-refractivity contribution in [3.63, 3.8) is 0 Å². The Morgan fingerprint density at radius 3 is 2.78 bits per heavy atom. The van der Waals surface area contributed by atoms with Gasteiger partial charge in [-0.05, 0) is 0 Å². The summed E-state index contributed by atoms with van der Waals surface area (Å²) in [5.41, 5.74) is 0.269. The molecule has 0 fully saturated rings. The number of hydrogen-bond donors (Lipinski definition) is 1. The number of carboxylic acids is 1. The monoisotopic (exact) mass is 123 g/mol. The lowest BCUT2D eigenvalue weighted by molar-refractivity contribution is -0.132. The first kappa shape index (κ1) is 5.75. The fraction of sp³-hybridized carbons (Fsp3) is 0. The third kappa shape index (κ3) is 1.25. The average Bonchev–Trinajstić information content (AvgIpc) is 1.90. The van der Waals surface area contributed by atoms with Crippen molar-refractivity contribution in [3.8, 4) is 0 Å². The number of aliphatic imine (C=N–C) groups is 1. The molecule has 0 saturated heterocycles. The van der Waals surface area contributed by atoms with Gasteiger partial charge in [0.15, 0.2) is 0 Å². The zero-order chi connectivity index (χ0) is 6.69. The minimum Gasteiger partial charge on any atom is -0.478 e. The molecule has 1 aliphatic rings. The van der Waals surface area contributed by atoms with Gasteiger partial charge in [-0.3, -0.25) is 0 Å². The zero-order valence-electron chi connectivity index (χ0n) is 4.61. The van der Waals surface area contributed by atoms with E-state index in [2.05, 4.69) is 4.99 Å². The maximum absolute atomic E-state index is 10.2. The van der Waals surface area contributed by atoms with Gasteiger partial charge in [-0.1, -0.05) is 0 Å². The molecular weight excluding hydrogens is 118 g/mol. The molecule has 9 heavy (non-hydrogen) atoms. The first-order chi connectivity index (χ1) is 4.30. The van der Waals surface area contributed by atoms with E-state index >= 15 is 0 Å². The molecule has 0 unspecified atom stereocenters. The second-order valence-electron chi connectivity index (χ2n) is 1.54. The number of carboxylic acid groups (broad SMARTS) is 1. The second-order valence-corrected chi connectivity index (χ2v) is 1.54. The molecule has 0 aromatic heterocycles. The number of nitrogens with zero attached hydrogens (tertiary/aromatic N) is 1. The number of aliphatic carboxylic acids is 1. The van der Waals surface area contributed by atoms with Crippen molar-refractivity contribution >= 4 is 12.2 Å². The van der Waals surface area contributed by atoms with Crippen LogP contribution in [0.25, 0.3) is 0 Å². The molecule has 1 N–H and O–H groups in total. The lowest BCUT2D eigenvalue weighted by Gasteiger charge is -1.87. The van der Waals surface area contributed by atoms with Crippen LogP contribution < -0.4 is 4.99 Å². The van der Waals surface area contributed by atoms with Crippen molar-refractivity contribution in [3.05, 3.63) is 23.9 Å². The van der Waals surface area contributed by atoms with E-state index in [1.807, 2.05) is 0 Å². The normalized spacial score (nSPS) is 15.3. The van der Waals surface area contributed by atoms with Crippen LogP contribution in [0.4, 0.5) is 0 Å². The van der Waals surface area contributed by atoms with Gasteiger partial charge in [0.2, 0.25) is 12.4 Å². The van der Waals surface area contributed by atoms with E-state index in [9.17, 15) is 4.79 Å². The highest BCUT2D eigenvalue weighted by molar-refractivity contribution is 5.95. The summed E-state index contributed by atoms with van der Waals surface area (Å²) >= 11 is 0. The molecule has 0 spiro atoms. The second kappa shape index (κ2) is 2.26. The van der Waals surface area contributed by atoms with Crippen LogP contribution in [0.5, 0.6) is 0 Å². The van der Waals surface area contributed by atoms with Crippen molar-refractivity contribution < 1.29 is 9.90 Å². The molecule has 0 atom stereocenters. The Morgan fingerprint density at radius 1 is 1.67 bits per heavy atom. The van der Waals surface area contributed by atoms with Gasteiger partial charge in [0.25, 0.3) is 0 Å². The molecule has 1 heterocycles. The van der Waals surface area contributed by atoms with Gasteiger partial charge in [0.1, 0.15) is 0 Å². The van der Waals surface area contributed by atoms with Crippen molar-refractivity contribution in [1.29, 1.82) is 0 Å². The van der Waals surface area contributed by atoms with Gasteiger partial charge in [0, 0.05) is 12.2 Å². The third-order valence-corrected chi connectivity index (χ3v) is 0.927. The molecular formula is C6H5NO2+. The summed E-state index contributed by atoms with van der Waals surface area (Å²) in [6.45, 7) is 0. The van der Waals surface area contributed by atoms with Crippen molar-refractivity contribution in [1.82, 2.24) is 4.99 Å². The molecule has 3 nitrogen and oxygen atoms in total. The largest absolute Gasteiger partial charge is 0.478 e. The van der Waals surface area contributed by atoms with Gasteiger partial charge in [-0.25, -0.2) is 4.79 Å². The van der Waals surface area contributed by atoms with Crippen LogP contribution in [0.2, 0.25) is 0 Å². The summed E-state index contributed by atoms with van der Waals surface area (Å²) in [5, 5.41) is 8.36. The lowest BCUT2D eigenvalue weighted by Crippen LogP contribution is -2.01. The van der Waals surface area contributed by atoms with E-state index in [-0.39, 0.29) is 5.57 Å². The van der Waals surface area contributed by atoms with Gasteiger partial charge >= 0.3 is 5.97 Å². The topological polar surface area (TPSA) is 51.4 Å². The Bertz CT molecular complexity index is 213. The van der Waals surface area contributed by atoms with Crippen LogP contribution >= 0.6 is 0 Å². The molecule has 1 radical (unpaired) electrons. The molecule has 3 heteroatoms. The molecule has 0 aliphatic carbocycles. The SMILES string of the molecule is O=C(O)C1=CC=[N+]C=C1. The average molecular weight is 123 g/mol. The summed E-state index contributed by atoms with van der Waals surface area (Å²) < 4.78 is 0. The molecule has 1 aliphatic heterocycles. The van der Waals surface area contributed by atoms with Gasteiger partial charge in [-0.2, -0.15) is 0 Å². The quantitative estimate of drug-likeness (QED) is 0.530. The Morgan fingerprint density at radius 2 is 2.44 bits per heavy atom. The molecule has 45 valence electrons. The Labute approximate surface area is 52.0 Å². The molecule has 0 bridgehead atoms. The summed E-state index contributed by atoms with van der Waals surface area (Å²) in [5.74, 6) is -0.919. The van der Waals surface area contributed by atoms with E-state index in [0.29, 0.717) is 0 Å². The van der Waals surface area contributed by atoms with Crippen LogP contribution in [0.1, 0.15) is 0 Å². The van der Waals surface area contributed by atoms with E-state index in [4.69, 9.17) is 5.11 Å². The summed E-state index contributed by atoms with van der Waals surface area (Å²) in [6, 6.07) is 0. The highest BCUT2D eigenvalue weighted by Gasteiger charge is 2.06. The Kier molecular flexibility index (Phi) is 1.44. The smallest absolute Gasteiger partial charge is 0.336 e. The summed E-state index contributed by atoms with van der Waals surface area (Å²) in [6.07, 6.45) is 5.79. The Hall–Kier alpha value is -1.38. The maximum Gasteiger partial charge on any atom is 0.336 e. The minimum atomic E-state index is -0.919. The van der Waals surface area contributed by atoms with E-state index in [1.54, 1.807) is 0 Å². The van der Waals surface area contributed by atoms with Crippen LogP contribution in [-0.4, -0.2) is 17.3 Å². The highest BCUT2D eigenvalue weighted by atomic mass is 16.4. The van der Waals surface area contributed by atoms with Crippen LogP contribution in [-0.2, 0) is 4.79 Å². The number of hydrogen-bond acceptors (Lipinski definition) is 2. The van der Waals surface area contributed by atoms with Crippen molar-refractivity contribution in [2.24, 2.45) is 0 Å². The molecule has 0 aromatic carbocycles. The molecule has 0 saturated carbocycles. The van der Waals surface area contributed by atoms with Crippen molar-refractivity contribution in [2.75, 3.05) is 0 Å². The zero-order valence-corrected chi connectivity index (χ0v) is 4.61.